The highest BCUT2D eigenvalue weighted by Gasteiger charge is 2.73. The van der Waals surface area contributed by atoms with Crippen LogP contribution in [0.15, 0.2) is 47.1 Å². The van der Waals surface area contributed by atoms with Crippen LogP contribution in [0, 0.1) is 5.92 Å². The Morgan fingerprint density at radius 3 is 2.81 bits per heavy atom. The number of phenolic OH excluding ortho intramolecular Hbond substituents is 1. The normalized spacial score (nSPS) is 33.4. The van der Waals surface area contributed by atoms with Gasteiger partial charge in [0.1, 0.15) is 18.0 Å². The van der Waals surface area contributed by atoms with Gasteiger partial charge in [-0.3, -0.25) is 9.69 Å². The highest BCUT2D eigenvalue weighted by atomic mass is 35.5. The molecule has 0 unspecified atom stereocenters. The molecule has 3 heterocycles. The standard InChI is InChI=1S/C29H30N2O5.ClH/c32-21-8-7-17-13-23-29(34)10-9-20(30-27(33)19-15-35-22-4-2-1-3-18(19)22)26-28(29,24(17)25(21)36-26)11-12-31(23)14-16-5-6-16;/h1-4,7-8,15-16,20,23,26,32,34H,5-6,9-14H2,(H,30,33);1H/t20-,23-,26+,28+,29-;/m1./s1. The number of fused-ring (bicyclic) bond motifs is 1. The van der Waals surface area contributed by atoms with Crippen LogP contribution in [0.2, 0.25) is 0 Å². The van der Waals surface area contributed by atoms with E-state index in [1.807, 2.05) is 30.3 Å². The highest BCUT2D eigenvalue weighted by Crippen LogP contribution is 2.65. The van der Waals surface area contributed by atoms with Crippen LogP contribution in [0.1, 0.15) is 53.6 Å². The van der Waals surface area contributed by atoms with Crippen LogP contribution in [0.5, 0.6) is 11.5 Å². The van der Waals surface area contributed by atoms with Gasteiger partial charge in [0.05, 0.1) is 22.6 Å². The first kappa shape index (κ1) is 23.4. The minimum Gasteiger partial charge on any atom is -0.504 e. The van der Waals surface area contributed by atoms with Gasteiger partial charge in [0, 0.05) is 23.5 Å². The first-order valence-corrected chi connectivity index (χ1v) is 13.2. The van der Waals surface area contributed by atoms with E-state index >= 15 is 0 Å². The van der Waals surface area contributed by atoms with E-state index in [-0.39, 0.29) is 36.1 Å². The van der Waals surface area contributed by atoms with Crippen LogP contribution in [-0.4, -0.2) is 57.9 Å². The van der Waals surface area contributed by atoms with E-state index in [1.165, 1.54) is 19.1 Å². The minimum absolute atomic E-state index is 0. The number of aliphatic hydroxyl groups is 1. The number of rotatable bonds is 4. The molecule has 1 amide bonds. The quantitative estimate of drug-likeness (QED) is 0.481. The Morgan fingerprint density at radius 2 is 1.97 bits per heavy atom. The van der Waals surface area contributed by atoms with Gasteiger partial charge in [-0.15, -0.1) is 12.4 Å². The molecule has 8 rings (SSSR count). The summed E-state index contributed by atoms with van der Waals surface area (Å²) >= 11 is 0. The SMILES string of the molecule is Cl.O=C(N[C@@H]1CC[C@@]2(O)[C@H]3Cc4ccc(O)c5c4[C@@]2(CCN3CC2CC2)[C@H]1O5)c1coc2ccccc12. The van der Waals surface area contributed by atoms with Gasteiger partial charge in [-0.2, -0.15) is 0 Å². The van der Waals surface area contributed by atoms with Crippen molar-refractivity contribution in [3.63, 3.8) is 0 Å². The lowest BCUT2D eigenvalue weighted by Crippen LogP contribution is -2.78. The van der Waals surface area contributed by atoms with Crippen molar-refractivity contribution in [2.24, 2.45) is 5.92 Å². The van der Waals surface area contributed by atoms with E-state index in [2.05, 4.69) is 10.2 Å². The molecular weight excluding hydrogens is 492 g/mol. The van der Waals surface area contributed by atoms with Crippen LogP contribution in [-0.2, 0) is 11.8 Å². The molecule has 1 saturated heterocycles. The summed E-state index contributed by atoms with van der Waals surface area (Å²) in [5.74, 6) is 1.16. The Balaban J connectivity index is 0.00000231. The predicted octanol–water partition coefficient (Wildman–Crippen LogP) is 3.92. The largest absolute Gasteiger partial charge is 0.504 e. The molecule has 5 atom stereocenters. The molecule has 2 aliphatic heterocycles. The van der Waals surface area contributed by atoms with Crippen LogP contribution in [0.4, 0.5) is 0 Å². The predicted molar refractivity (Wildman–Crippen MR) is 140 cm³/mol. The topological polar surface area (TPSA) is 95.2 Å². The molecule has 194 valence electrons. The number of halogens is 1. The van der Waals surface area contributed by atoms with Crippen molar-refractivity contribution in [3.05, 3.63) is 59.4 Å². The number of benzene rings is 2. The number of nitrogens with zero attached hydrogens (tertiary/aromatic N) is 1. The second-order valence-corrected chi connectivity index (χ2v) is 11.6. The zero-order valence-electron chi connectivity index (χ0n) is 20.5. The molecule has 3 aliphatic carbocycles. The van der Waals surface area contributed by atoms with Gasteiger partial charge >= 0.3 is 0 Å². The summed E-state index contributed by atoms with van der Waals surface area (Å²) in [4.78, 5) is 16.0. The Morgan fingerprint density at radius 1 is 1.14 bits per heavy atom. The van der Waals surface area contributed by atoms with Gasteiger partial charge in [-0.1, -0.05) is 24.3 Å². The second-order valence-electron chi connectivity index (χ2n) is 11.6. The third-order valence-electron chi connectivity index (χ3n) is 9.80. The summed E-state index contributed by atoms with van der Waals surface area (Å²) in [5.41, 5.74) is 1.72. The number of hydrogen-bond donors (Lipinski definition) is 3. The Hall–Kier alpha value is -2.74. The third kappa shape index (κ3) is 2.99. The first-order valence-electron chi connectivity index (χ1n) is 13.2. The Labute approximate surface area is 221 Å². The maximum absolute atomic E-state index is 13.5. The maximum atomic E-state index is 13.5. The zero-order chi connectivity index (χ0) is 24.2. The summed E-state index contributed by atoms with van der Waals surface area (Å²) in [5, 5.41) is 27.4. The van der Waals surface area contributed by atoms with Crippen LogP contribution < -0.4 is 10.1 Å². The van der Waals surface area contributed by atoms with Crippen molar-refractivity contribution in [1.29, 1.82) is 0 Å². The van der Waals surface area contributed by atoms with Crippen LogP contribution in [0.25, 0.3) is 11.0 Å². The molecule has 5 aliphatic rings. The summed E-state index contributed by atoms with van der Waals surface area (Å²) in [6.45, 7) is 1.94. The summed E-state index contributed by atoms with van der Waals surface area (Å²) in [6, 6.07) is 11.0. The number of phenols is 1. The maximum Gasteiger partial charge on any atom is 0.255 e. The number of piperidine rings is 1. The van der Waals surface area contributed by atoms with Gasteiger partial charge in [-0.25, -0.2) is 0 Å². The van der Waals surface area contributed by atoms with Gasteiger partial charge in [0.25, 0.3) is 5.91 Å². The average molecular weight is 523 g/mol. The van der Waals surface area contributed by atoms with Crippen molar-refractivity contribution in [3.8, 4) is 11.5 Å². The highest BCUT2D eigenvalue weighted by molar-refractivity contribution is 6.06. The molecular formula is C29H31ClN2O5. The van der Waals surface area contributed by atoms with E-state index in [4.69, 9.17) is 9.15 Å². The van der Waals surface area contributed by atoms with Crippen molar-refractivity contribution in [2.45, 2.75) is 67.7 Å². The molecule has 1 aromatic heterocycles. The van der Waals surface area contributed by atoms with Gasteiger partial charge in [0.2, 0.25) is 0 Å². The number of likely N-dealkylation sites (tertiary alicyclic amines) is 1. The van der Waals surface area contributed by atoms with Crippen molar-refractivity contribution in [1.82, 2.24) is 10.2 Å². The van der Waals surface area contributed by atoms with E-state index in [9.17, 15) is 15.0 Å². The number of furan rings is 1. The molecule has 7 nitrogen and oxygen atoms in total. The minimum atomic E-state index is -0.958. The summed E-state index contributed by atoms with van der Waals surface area (Å²) < 4.78 is 12.2. The number of carbonyl (C=O) groups excluding carboxylic acids is 1. The molecule has 37 heavy (non-hydrogen) atoms. The van der Waals surface area contributed by atoms with Crippen LogP contribution >= 0.6 is 12.4 Å². The second kappa shape index (κ2) is 7.88. The number of ether oxygens (including phenoxy) is 1. The molecule has 0 radical (unpaired) electrons. The fourth-order valence-corrected chi connectivity index (χ4v) is 8.03. The fraction of sp³-hybridized carbons (Fsp3) is 0.483. The molecule has 8 heteroatoms. The molecule has 3 N–H and O–H groups in total. The molecule has 3 fully saturated rings. The number of hydrogen-bond acceptors (Lipinski definition) is 6. The van der Waals surface area contributed by atoms with E-state index < -0.39 is 17.1 Å². The monoisotopic (exact) mass is 522 g/mol. The number of nitrogens with one attached hydrogen (secondary N) is 1. The van der Waals surface area contributed by atoms with E-state index in [1.54, 1.807) is 6.07 Å². The van der Waals surface area contributed by atoms with E-state index in [0.29, 0.717) is 29.7 Å². The number of amides is 1. The van der Waals surface area contributed by atoms with Crippen molar-refractivity contribution in [2.75, 3.05) is 13.1 Å². The van der Waals surface area contributed by atoms with Crippen LogP contribution in [0.3, 0.4) is 0 Å². The van der Waals surface area contributed by atoms with Crippen molar-refractivity contribution >= 4 is 29.3 Å². The summed E-state index contributed by atoms with van der Waals surface area (Å²) in [7, 11) is 0. The van der Waals surface area contributed by atoms with Gasteiger partial charge in [0.15, 0.2) is 11.5 Å². The summed E-state index contributed by atoms with van der Waals surface area (Å²) in [6.07, 6.45) is 6.36. The lowest BCUT2D eigenvalue weighted by Gasteiger charge is -2.64. The smallest absolute Gasteiger partial charge is 0.255 e. The first-order chi connectivity index (χ1) is 17.5. The fourth-order valence-electron chi connectivity index (χ4n) is 8.03. The number of para-hydroxylation sites is 1. The Bertz CT molecular complexity index is 1420. The lowest BCUT2D eigenvalue weighted by atomic mass is 9.48. The average Bonchev–Trinajstić information content (AvgIpc) is 3.46. The number of carbonyl (C=O) groups is 1. The molecule has 2 bridgehead atoms. The molecule has 1 spiro atoms. The Kier molecular flexibility index (Phi) is 4.98. The van der Waals surface area contributed by atoms with Gasteiger partial charge in [-0.05, 0) is 68.7 Å². The van der Waals surface area contributed by atoms with Crippen molar-refractivity contribution < 1.29 is 24.2 Å². The molecule has 2 saturated carbocycles. The lowest BCUT2D eigenvalue weighted by molar-refractivity contribution is -0.191. The van der Waals surface area contributed by atoms with Gasteiger partial charge < -0.3 is 24.7 Å². The zero-order valence-corrected chi connectivity index (χ0v) is 21.3. The molecule has 3 aromatic rings. The third-order valence-corrected chi connectivity index (χ3v) is 9.80. The van der Waals surface area contributed by atoms with E-state index in [0.717, 1.165) is 48.4 Å². The number of aromatic hydroxyl groups is 1. The molecule has 2 aromatic carbocycles.